The molecule has 0 saturated heterocycles. The molecule has 1 aromatic heterocycles. The molecular weight excluding hydrogens is 304 g/mol. The van der Waals surface area contributed by atoms with Crippen LogP contribution in [-0.2, 0) is 0 Å². The molecule has 0 atom stereocenters. The Morgan fingerprint density at radius 2 is 2.00 bits per heavy atom. The predicted octanol–water partition coefficient (Wildman–Crippen LogP) is 3.01. The average molecular weight is 320 g/mol. The second-order valence-electron chi connectivity index (χ2n) is 5.17. The van der Waals surface area contributed by atoms with Gasteiger partial charge in [0.15, 0.2) is 17.2 Å². The Bertz CT molecular complexity index is 754. The normalized spacial score (nSPS) is 14.0. The van der Waals surface area contributed by atoms with Gasteiger partial charge < -0.3 is 24.9 Å². The van der Waals surface area contributed by atoms with E-state index in [1.54, 1.807) is 12.1 Å². The number of fused-ring (bicyclic) bond motifs is 2. The van der Waals surface area contributed by atoms with Crippen LogP contribution in [0.5, 0.6) is 17.4 Å². The van der Waals surface area contributed by atoms with Gasteiger partial charge >= 0.3 is 0 Å². The summed E-state index contributed by atoms with van der Waals surface area (Å²) < 4.78 is 11.1. The second kappa shape index (κ2) is 5.80. The molecule has 0 saturated carbocycles. The molecule has 2 heterocycles. The lowest BCUT2D eigenvalue weighted by Crippen LogP contribution is -2.26. The van der Waals surface area contributed by atoms with Gasteiger partial charge in [-0.1, -0.05) is 0 Å². The highest BCUT2D eigenvalue weighted by molar-refractivity contribution is 7.80. The van der Waals surface area contributed by atoms with Crippen molar-refractivity contribution in [3.63, 3.8) is 0 Å². The van der Waals surface area contributed by atoms with Crippen LogP contribution in [0.25, 0.3) is 10.9 Å². The molecular formula is C14H16N4O3S. The molecule has 0 bridgehead atoms. The maximum atomic E-state index is 10.0. The number of hydrogen-bond acceptors (Lipinski definition) is 5. The maximum absolute atomic E-state index is 10.0. The van der Waals surface area contributed by atoms with Crippen molar-refractivity contribution >= 4 is 33.9 Å². The highest BCUT2D eigenvalue weighted by Crippen LogP contribution is 2.42. The Hall–Kier alpha value is -2.35. The van der Waals surface area contributed by atoms with E-state index in [1.165, 1.54) is 0 Å². The fraction of sp³-hybridized carbons (Fsp3) is 0.357. The minimum atomic E-state index is -0.0755. The Labute approximate surface area is 132 Å². The van der Waals surface area contributed by atoms with Gasteiger partial charge in [0.2, 0.25) is 11.0 Å². The van der Waals surface area contributed by atoms with Crippen LogP contribution in [-0.4, -0.2) is 34.5 Å². The van der Waals surface area contributed by atoms with Crippen molar-refractivity contribution in [3.05, 3.63) is 12.1 Å². The Morgan fingerprint density at radius 3 is 2.68 bits per heavy atom. The highest BCUT2D eigenvalue weighted by Gasteiger charge is 2.18. The van der Waals surface area contributed by atoms with Crippen molar-refractivity contribution in [2.75, 3.05) is 13.2 Å². The largest absolute Gasteiger partial charge is 0.493 e. The first kappa shape index (κ1) is 14.6. The van der Waals surface area contributed by atoms with E-state index in [9.17, 15) is 5.11 Å². The number of aromatic amines is 1. The van der Waals surface area contributed by atoms with Crippen molar-refractivity contribution in [2.24, 2.45) is 10.2 Å². The van der Waals surface area contributed by atoms with Crippen LogP contribution in [0.15, 0.2) is 22.4 Å². The van der Waals surface area contributed by atoms with Crippen molar-refractivity contribution in [1.29, 1.82) is 0 Å². The van der Waals surface area contributed by atoms with Gasteiger partial charge in [0.05, 0.1) is 5.52 Å². The molecule has 3 N–H and O–H groups in total. The number of aromatic hydroxyl groups is 1. The maximum Gasteiger partial charge on any atom is 0.218 e. The molecule has 22 heavy (non-hydrogen) atoms. The molecule has 0 unspecified atom stereocenters. The summed E-state index contributed by atoms with van der Waals surface area (Å²) >= 11 is 5.06. The lowest BCUT2D eigenvalue weighted by Gasteiger charge is -2.18. The molecule has 0 aliphatic carbocycles. The van der Waals surface area contributed by atoms with E-state index in [4.69, 9.17) is 21.7 Å². The molecule has 0 amide bonds. The molecule has 0 radical (unpaired) electrons. The van der Waals surface area contributed by atoms with Crippen molar-refractivity contribution in [3.8, 4) is 17.4 Å². The molecule has 2 aromatic rings. The summed E-state index contributed by atoms with van der Waals surface area (Å²) in [6.45, 7) is 4.91. The van der Waals surface area contributed by atoms with Crippen molar-refractivity contribution in [1.82, 2.24) is 10.3 Å². The topological polar surface area (TPSA) is 91.2 Å². The van der Waals surface area contributed by atoms with Crippen LogP contribution in [0.1, 0.15) is 13.8 Å². The monoisotopic (exact) mass is 320 g/mol. The Kier molecular flexibility index (Phi) is 3.84. The van der Waals surface area contributed by atoms with Crippen LogP contribution in [0.4, 0.5) is 5.69 Å². The molecule has 116 valence electrons. The van der Waals surface area contributed by atoms with Crippen molar-refractivity contribution < 1.29 is 14.6 Å². The number of azo groups is 1. The minimum Gasteiger partial charge on any atom is -0.493 e. The number of rotatable bonds is 2. The van der Waals surface area contributed by atoms with Crippen LogP contribution in [0, 0.1) is 0 Å². The van der Waals surface area contributed by atoms with Gasteiger partial charge in [-0.05, 0) is 32.1 Å². The fourth-order valence-electron chi connectivity index (χ4n) is 2.17. The van der Waals surface area contributed by atoms with Crippen LogP contribution >= 0.6 is 12.2 Å². The summed E-state index contributed by atoms with van der Waals surface area (Å²) in [4.78, 5) is 2.84. The Balaban J connectivity index is 1.97. The fourth-order valence-corrected chi connectivity index (χ4v) is 2.45. The van der Waals surface area contributed by atoms with Crippen LogP contribution in [0.2, 0.25) is 0 Å². The summed E-state index contributed by atoms with van der Waals surface area (Å²) in [5.41, 5.74) is 1.01. The number of hydrogen-bond donors (Lipinski definition) is 3. The SMILES string of the molecule is CC(C)NC(=S)N=Nc1c(O)[nH]c2cc3c(cc12)OCCO3. The van der Waals surface area contributed by atoms with Crippen LogP contribution < -0.4 is 14.8 Å². The highest BCUT2D eigenvalue weighted by atomic mass is 32.1. The quantitative estimate of drug-likeness (QED) is 0.584. The average Bonchev–Trinajstić information content (AvgIpc) is 2.76. The number of ether oxygens (including phenoxy) is 2. The number of H-pyrrole nitrogens is 1. The lowest BCUT2D eigenvalue weighted by molar-refractivity contribution is 0.172. The van der Waals surface area contributed by atoms with E-state index in [-0.39, 0.29) is 17.0 Å². The first-order valence-corrected chi connectivity index (χ1v) is 7.32. The summed E-state index contributed by atoms with van der Waals surface area (Å²) in [6.07, 6.45) is 0. The zero-order chi connectivity index (χ0) is 15.7. The van der Waals surface area contributed by atoms with E-state index in [0.29, 0.717) is 41.3 Å². The molecule has 8 heteroatoms. The van der Waals surface area contributed by atoms with E-state index in [1.807, 2.05) is 13.8 Å². The molecule has 0 spiro atoms. The molecule has 1 aliphatic rings. The minimum absolute atomic E-state index is 0.0755. The molecule has 1 aromatic carbocycles. The number of aromatic nitrogens is 1. The lowest BCUT2D eigenvalue weighted by atomic mass is 10.2. The van der Waals surface area contributed by atoms with Gasteiger partial charge in [-0.2, -0.15) is 0 Å². The third-order valence-electron chi connectivity index (χ3n) is 3.07. The molecule has 3 rings (SSSR count). The molecule has 1 aliphatic heterocycles. The summed E-state index contributed by atoms with van der Waals surface area (Å²) in [5.74, 6) is 1.19. The Morgan fingerprint density at radius 1 is 1.32 bits per heavy atom. The smallest absolute Gasteiger partial charge is 0.218 e. The van der Waals surface area contributed by atoms with E-state index >= 15 is 0 Å². The van der Waals surface area contributed by atoms with E-state index < -0.39 is 0 Å². The molecule has 7 nitrogen and oxygen atoms in total. The zero-order valence-electron chi connectivity index (χ0n) is 12.2. The molecule has 0 fully saturated rings. The third-order valence-corrected chi connectivity index (χ3v) is 3.27. The van der Waals surface area contributed by atoms with Gasteiger partial charge in [0, 0.05) is 17.5 Å². The van der Waals surface area contributed by atoms with E-state index in [0.717, 1.165) is 0 Å². The third kappa shape index (κ3) is 2.82. The van der Waals surface area contributed by atoms with Gasteiger partial charge in [-0.3, -0.25) is 0 Å². The van der Waals surface area contributed by atoms with Crippen molar-refractivity contribution in [2.45, 2.75) is 19.9 Å². The second-order valence-corrected chi connectivity index (χ2v) is 5.55. The summed E-state index contributed by atoms with van der Waals surface area (Å²) in [6, 6.07) is 3.71. The van der Waals surface area contributed by atoms with Gasteiger partial charge in [-0.15, -0.1) is 10.2 Å². The first-order valence-electron chi connectivity index (χ1n) is 6.91. The first-order chi connectivity index (χ1) is 10.5. The number of nitrogens with zero attached hydrogens (tertiary/aromatic N) is 2. The zero-order valence-corrected chi connectivity index (χ0v) is 13.0. The summed E-state index contributed by atoms with van der Waals surface area (Å²) in [7, 11) is 0. The number of thiocarbonyl (C=S) groups is 1. The number of benzene rings is 1. The van der Waals surface area contributed by atoms with Gasteiger partial charge in [0.1, 0.15) is 13.2 Å². The summed E-state index contributed by atoms with van der Waals surface area (Å²) in [5, 5.41) is 21.9. The standard InChI is InChI=1S/C14H16N4O3S/c1-7(2)15-14(22)18-17-12-8-5-10-11(21-4-3-20-10)6-9(8)16-13(12)19/h5-7,16,19H,3-4H2,1-2H3,(H,15,22). The van der Waals surface area contributed by atoms with E-state index in [2.05, 4.69) is 20.5 Å². The van der Waals surface area contributed by atoms with Gasteiger partial charge in [0.25, 0.3) is 0 Å². The van der Waals surface area contributed by atoms with Crippen LogP contribution in [0.3, 0.4) is 0 Å². The number of nitrogens with one attached hydrogen (secondary N) is 2. The predicted molar refractivity (Wildman–Crippen MR) is 86.3 cm³/mol. The van der Waals surface area contributed by atoms with Gasteiger partial charge in [-0.25, -0.2) is 0 Å².